The van der Waals surface area contributed by atoms with Crippen LogP contribution in [-0.2, 0) is 17.9 Å². The SMILES string of the molecule is CCNC(=NCc1ccc(COC)cc1)NC1CCN(c2cc(OC)cc(OC)c2)C1.I. The number of ether oxygens (including phenoxy) is 3. The van der Waals surface area contributed by atoms with Gasteiger partial charge in [-0.1, -0.05) is 24.3 Å². The molecule has 0 saturated carbocycles. The molecule has 7 nitrogen and oxygen atoms in total. The molecule has 0 bridgehead atoms. The van der Waals surface area contributed by atoms with E-state index in [1.54, 1.807) is 21.3 Å². The summed E-state index contributed by atoms with van der Waals surface area (Å²) in [5, 5.41) is 6.95. The molecule has 2 N–H and O–H groups in total. The Bertz CT molecular complexity index is 839. The van der Waals surface area contributed by atoms with Gasteiger partial charge in [-0.25, -0.2) is 4.99 Å². The highest BCUT2D eigenvalue weighted by atomic mass is 127. The summed E-state index contributed by atoms with van der Waals surface area (Å²) in [6, 6.07) is 14.7. The van der Waals surface area contributed by atoms with Gasteiger partial charge in [0, 0.05) is 56.7 Å². The van der Waals surface area contributed by atoms with Crippen LogP contribution < -0.4 is 25.0 Å². The van der Waals surface area contributed by atoms with Crippen molar-refractivity contribution >= 4 is 35.6 Å². The number of nitrogens with one attached hydrogen (secondary N) is 2. The first-order valence-electron chi connectivity index (χ1n) is 10.7. The third-order valence-electron chi connectivity index (χ3n) is 5.33. The summed E-state index contributed by atoms with van der Waals surface area (Å²) in [5.41, 5.74) is 3.45. The Morgan fingerprint density at radius 3 is 2.28 bits per heavy atom. The Morgan fingerprint density at radius 1 is 1.03 bits per heavy atom. The number of aliphatic imine (C=N–C) groups is 1. The normalized spacial score (nSPS) is 15.8. The molecule has 1 unspecified atom stereocenters. The Labute approximate surface area is 208 Å². The Balaban J connectivity index is 0.00000363. The van der Waals surface area contributed by atoms with E-state index in [0.29, 0.717) is 19.2 Å². The monoisotopic (exact) mass is 554 g/mol. The van der Waals surface area contributed by atoms with Gasteiger partial charge < -0.3 is 29.7 Å². The van der Waals surface area contributed by atoms with E-state index < -0.39 is 0 Å². The molecule has 1 fully saturated rings. The number of nitrogens with zero attached hydrogens (tertiary/aromatic N) is 2. The van der Waals surface area contributed by atoms with Crippen molar-refractivity contribution in [3.8, 4) is 11.5 Å². The van der Waals surface area contributed by atoms with Gasteiger partial charge in [0.1, 0.15) is 11.5 Å². The molecule has 0 amide bonds. The number of benzene rings is 2. The van der Waals surface area contributed by atoms with Gasteiger partial charge >= 0.3 is 0 Å². The van der Waals surface area contributed by atoms with Crippen LogP contribution in [0.3, 0.4) is 0 Å². The average Bonchev–Trinajstić information content (AvgIpc) is 3.27. The average molecular weight is 554 g/mol. The van der Waals surface area contributed by atoms with Gasteiger partial charge in [-0.05, 0) is 24.5 Å². The lowest BCUT2D eigenvalue weighted by atomic mass is 10.1. The molecule has 1 heterocycles. The van der Waals surface area contributed by atoms with E-state index in [1.807, 2.05) is 6.07 Å². The van der Waals surface area contributed by atoms with Crippen molar-refractivity contribution in [2.45, 2.75) is 32.5 Å². The number of anilines is 1. The molecule has 1 atom stereocenters. The first-order chi connectivity index (χ1) is 15.1. The Morgan fingerprint density at radius 2 is 1.69 bits per heavy atom. The maximum Gasteiger partial charge on any atom is 0.191 e. The van der Waals surface area contributed by atoms with Gasteiger partial charge in [0.25, 0.3) is 0 Å². The van der Waals surface area contributed by atoms with Crippen molar-refractivity contribution in [3.05, 3.63) is 53.6 Å². The van der Waals surface area contributed by atoms with Gasteiger partial charge in [-0.2, -0.15) is 0 Å². The van der Waals surface area contributed by atoms with Crippen LogP contribution in [0.25, 0.3) is 0 Å². The third-order valence-corrected chi connectivity index (χ3v) is 5.33. The lowest BCUT2D eigenvalue weighted by Gasteiger charge is -2.21. The summed E-state index contributed by atoms with van der Waals surface area (Å²) >= 11 is 0. The minimum Gasteiger partial charge on any atom is -0.497 e. The highest BCUT2D eigenvalue weighted by Crippen LogP contribution is 2.30. The summed E-state index contributed by atoms with van der Waals surface area (Å²) in [5.74, 6) is 2.45. The molecule has 0 spiro atoms. The zero-order valence-electron chi connectivity index (χ0n) is 19.4. The molecule has 2 aromatic carbocycles. The second-order valence-corrected chi connectivity index (χ2v) is 7.59. The van der Waals surface area contributed by atoms with Crippen LogP contribution in [0.2, 0.25) is 0 Å². The van der Waals surface area contributed by atoms with Crippen molar-refractivity contribution in [1.29, 1.82) is 0 Å². The van der Waals surface area contributed by atoms with Crippen molar-refractivity contribution in [2.24, 2.45) is 4.99 Å². The summed E-state index contributed by atoms with van der Waals surface area (Å²) in [4.78, 5) is 7.13. The smallest absolute Gasteiger partial charge is 0.191 e. The van der Waals surface area contributed by atoms with Gasteiger partial charge in [-0.15, -0.1) is 24.0 Å². The van der Waals surface area contributed by atoms with E-state index in [-0.39, 0.29) is 24.0 Å². The molecule has 0 aromatic heterocycles. The number of hydrogen-bond acceptors (Lipinski definition) is 5. The molecule has 2 aromatic rings. The minimum absolute atomic E-state index is 0. The number of halogens is 1. The first kappa shape index (κ1) is 26.1. The number of hydrogen-bond donors (Lipinski definition) is 2. The molecule has 176 valence electrons. The zero-order valence-corrected chi connectivity index (χ0v) is 21.7. The standard InChI is InChI=1S/C24H34N4O3.HI/c1-5-25-24(26-15-18-6-8-19(9-7-18)17-29-2)27-20-10-11-28(16-20)21-12-22(30-3)14-23(13-21)31-4;/h6-9,12-14,20H,5,10-11,15-17H2,1-4H3,(H2,25,26,27);1H. The van der Waals surface area contributed by atoms with Crippen molar-refractivity contribution in [2.75, 3.05) is 45.9 Å². The molecule has 3 rings (SSSR count). The van der Waals surface area contributed by atoms with E-state index in [4.69, 9.17) is 19.2 Å². The van der Waals surface area contributed by atoms with E-state index in [0.717, 1.165) is 49.2 Å². The van der Waals surface area contributed by atoms with Gasteiger partial charge in [0.05, 0.1) is 27.4 Å². The number of guanidine groups is 1. The molecule has 1 aliphatic heterocycles. The summed E-state index contributed by atoms with van der Waals surface area (Å²) in [6.07, 6.45) is 1.04. The van der Waals surface area contributed by atoms with Crippen LogP contribution in [0.1, 0.15) is 24.5 Å². The summed E-state index contributed by atoms with van der Waals surface area (Å²) in [7, 11) is 5.07. The van der Waals surface area contributed by atoms with Crippen LogP contribution in [0.5, 0.6) is 11.5 Å². The van der Waals surface area contributed by atoms with Crippen LogP contribution >= 0.6 is 24.0 Å². The molecule has 0 radical (unpaired) electrons. The number of methoxy groups -OCH3 is 3. The minimum atomic E-state index is 0. The largest absolute Gasteiger partial charge is 0.497 e. The summed E-state index contributed by atoms with van der Waals surface area (Å²) < 4.78 is 16.0. The quantitative estimate of drug-likeness (QED) is 0.279. The second-order valence-electron chi connectivity index (χ2n) is 7.59. The van der Waals surface area contributed by atoms with Crippen LogP contribution in [0.15, 0.2) is 47.5 Å². The highest BCUT2D eigenvalue weighted by Gasteiger charge is 2.24. The lowest BCUT2D eigenvalue weighted by molar-refractivity contribution is 0.185. The summed E-state index contributed by atoms with van der Waals surface area (Å²) in [6.45, 7) is 6.03. The first-order valence-corrected chi connectivity index (χ1v) is 10.7. The predicted molar refractivity (Wildman–Crippen MR) is 141 cm³/mol. The molecule has 0 aliphatic carbocycles. The maximum atomic E-state index is 5.42. The molecular formula is C24H35IN4O3. The van der Waals surface area contributed by atoms with E-state index >= 15 is 0 Å². The zero-order chi connectivity index (χ0) is 22.1. The van der Waals surface area contributed by atoms with Crippen molar-refractivity contribution in [3.63, 3.8) is 0 Å². The molecule has 1 saturated heterocycles. The Kier molecular flexibility index (Phi) is 10.9. The van der Waals surface area contributed by atoms with Crippen LogP contribution in [0, 0.1) is 0 Å². The van der Waals surface area contributed by atoms with Crippen molar-refractivity contribution in [1.82, 2.24) is 10.6 Å². The fourth-order valence-electron chi connectivity index (χ4n) is 3.68. The second kappa shape index (κ2) is 13.4. The maximum absolute atomic E-state index is 5.42. The van der Waals surface area contributed by atoms with Crippen molar-refractivity contribution < 1.29 is 14.2 Å². The Hall–Kier alpha value is -2.20. The van der Waals surface area contributed by atoms with E-state index in [2.05, 4.69) is 58.9 Å². The van der Waals surface area contributed by atoms with Gasteiger partial charge in [0.15, 0.2) is 5.96 Å². The topological polar surface area (TPSA) is 67.4 Å². The number of rotatable bonds is 9. The third kappa shape index (κ3) is 7.44. The molecule has 8 heteroatoms. The van der Waals surface area contributed by atoms with E-state index in [9.17, 15) is 0 Å². The van der Waals surface area contributed by atoms with Crippen LogP contribution in [-0.4, -0.2) is 53.0 Å². The fraction of sp³-hybridized carbons (Fsp3) is 0.458. The molecule has 1 aliphatic rings. The highest BCUT2D eigenvalue weighted by molar-refractivity contribution is 14.0. The lowest BCUT2D eigenvalue weighted by Crippen LogP contribution is -2.44. The predicted octanol–water partition coefficient (Wildman–Crippen LogP) is 3.80. The molecular weight excluding hydrogens is 519 g/mol. The fourth-order valence-corrected chi connectivity index (χ4v) is 3.68. The van der Waals surface area contributed by atoms with Gasteiger partial charge in [-0.3, -0.25) is 0 Å². The molecule has 32 heavy (non-hydrogen) atoms. The van der Waals surface area contributed by atoms with Gasteiger partial charge in [0.2, 0.25) is 0 Å². The van der Waals surface area contributed by atoms with Crippen LogP contribution in [0.4, 0.5) is 5.69 Å². The van der Waals surface area contributed by atoms with E-state index in [1.165, 1.54) is 11.1 Å².